The molecule has 0 spiro atoms. The first-order chi connectivity index (χ1) is 14.4. The van der Waals surface area contributed by atoms with Crippen molar-refractivity contribution in [3.05, 3.63) is 70.4 Å². The number of azo groups is 1. The Bertz CT molecular complexity index is 1070. The van der Waals surface area contributed by atoms with E-state index >= 15 is 0 Å². The predicted octanol–water partition coefficient (Wildman–Crippen LogP) is 4.14. The van der Waals surface area contributed by atoms with Gasteiger partial charge in [0, 0.05) is 30.9 Å². The number of benzene rings is 2. The Balaban J connectivity index is 1.94. The van der Waals surface area contributed by atoms with E-state index in [9.17, 15) is 14.9 Å². The van der Waals surface area contributed by atoms with Crippen molar-refractivity contribution in [1.82, 2.24) is 9.78 Å². The molecule has 10 heteroatoms. The van der Waals surface area contributed by atoms with Crippen LogP contribution in [0.5, 0.6) is 0 Å². The largest absolute Gasteiger partial charge is 0.372 e. The van der Waals surface area contributed by atoms with Crippen LogP contribution in [0.1, 0.15) is 24.2 Å². The van der Waals surface area contributed by atoms with Gasteiger partial charge in [0.15, 0.2) is 5.82 Å². The molecule has 3 rings (SSSR count). The molecule has 30 heavy (non-hydrogen) atoms. The van der Waals surface area contributed by atoms with Gasteiger partial charge in [0.25, 0.3) is 11.6 Å². The first-order valence-electron chi connectivity index (χ1n) is 9.34. The van der Waals surface area contributed by atoms with Crippen LogP contribution in [-0.4, -0.2) is 33.7 Å². The molecule has 2 aromatic carbocycles. The van der Waals surface area contributed by atoms with Crippen LogP contribution in [0.15, 0.2) is 65.0 Å². The van der Waals surface area contributed by atoms with Crippen LogP contribution in [-0.2, 0) is 0 Å². The molecule has 1 heterocycles. The molecule has 154 valence electrons. The molecule has 0 unspecified atom stereocenters. The second kappa shape index (κ2) is 8.95. The second-order valence-electron chi connectivity index (χ2n) is 6.32. The first kappa shape index (κ1) is 20.6. The number of carbonyl (C=O) groups excluding carboxylic acids is 1. The van der Waals surface area contributed by atoms with E-state index < -0.39 is 10.8 Å². The van der Waals surface area contributed by atoms with Crippen LogP contribution < -0.4 is 10.6 Å². The summed E-state index contributed by atoms with van der Waals surface area (Å²) in [6.07, 6.45) is 1.29. The van der Waals surface area contributed by atoms with E-state index in [1.54, 1.807) is 0 Å². The summed E-state index contributed by atoms with van der Waals surface area (Å²) < 4.78 is 1.36. The number of carbonyl (C=O) groups is 1. The highest BCUT2D eigenvalue weighted by atomic mass is 16.6. The van der Waals surface area contributed by atoms with Crippen LogP contribution in [0.4, 0.5) is 22.9 Å². The molecule has 0 fully saturated rings. The smallest absolute Gasteiger partial charge is 0.269 e. The zero-order valence-electron chi connectivity index (χ0n) is 16.6. The summed E-state index contributed by atoms with van der Waals surface area (Å²) in [6.45, 7) is 5.96. The van der Waals surface area contributed by atoms with Crippen molar-refractivity contribution in [3.63, 3.8) is 0 Å². The van der Waals surface area contributed by atoms with Crippen LogP contribution in [0.25, 0.3) is 5.69 Å². The third-order valence-electron chi connectivity index (χ3n) is 4.55. The fraction of sp³-hybridized carbons (Fsp3) is 0.200. The number of anilines is 1. The Hall–Kier alpha value is -4.08. The fourth-order valence-corrected chi connectivity index (χ4v) is 2.94. The van der Waals surface area contributed by atoms with Crippen molar-refractivity contribution in [1.29, 1.82) is 0 Å². The van der Waals surface area contributed by atoms with Crippen LogP contribution in [0, 0.1) is 10.1 Å². The lowest BCUT2D eigenvalue weighted by Crippen LogP contribution is -2.21. The molecular formula is C20H21N7O3. The number of aromatic nitrogens is 2. The molecule has 0 atom stereocenters. The number of nitro groups is 1. The van der Waals surface area contributed by atoms with Crippen molar-refractivity contribution in [2.24, 2.45) is 16.0 Å². The molecule has 0 saturated heterocycles. The number of rotatable bonds is 8. The van der Waals surface area contributed by atoms with E-state index in [2.05, 4.69) is 34.1 Å². The summed E-state index contributed by atoms with van der Waals surface area (Å²) in [5, 5.41) is 23.4. The average molecular weight is 407 g/mol. The molecule has 0 aliphatic rings. The van der Waals surface area contributed by atoms with Crippen LogP contribution in [0.2, 0.25) is 0 Å². The third kappa shape index (κ3) is 4.32. The molecule has 0 bridgehead atoms. The summed E-state index contributed by atoms with van der Waals surface area (Å²) in [6, 6.07) is 13.2. The van der Waals surface area contributed by atoms with Gasteiger partial charge in [0.05, 0.1) is 22.5 Å². The Labute approximate surface area is 172 Å². The van der Waals surface area contributed by atoms with E-state index in [4.69, 9.17) is 5.73 Å². The highest BCUT2D eigenvalue weighted by molar-refractivity contribution is 5.97. The van der Waals surface area contributed by atoms with Gasteiger partial charge in [-0.05, 0) is 50.2 Å². The van der Waals surface area contributed by atoms with Crippen LogP contribution >= 0.6 is 0 Å². The molecule has 0 radical (unpaired) electrons. The molecule has 2 N–H and O–H groups in total. The average Bonchev–Trinajstić information content (AvgIpc) is 3.18. The summed E-state index contributed by atoms with van der Waals surface area (Å²) in [4.78, 5) is 24.3. The summed E-state index contributed by atoms with van der Waals surface area (Å²) in [5.74, 6) is -0.557. The minimum Gasteiger partial charge on any atom is -0.372 e. The molecule has 1 amide bonds. The first-order valence-corrected chi connectivity index (χ1v) is 9.34. The van der Waals surface area contributed by atoms with Gasteiger partial charge in [-0.1, -0.05) is 0 Å². The monoisotopic (exact) mass is 407 g/mol. The Morgan fingerprint density at radius 2 is 1.73 bits per heavy atom. The highest BCUT2D eigenvalue weighted by Gasteiger charge is 2.17. The lowest BCUT2D eigenvalue weighted by atomic mass is 10.2. The zero-order valence-corrected chi connectivity index (χ0v) is 16.6. The fourth-order valence-electron chi connectivity index (χ4n) is 2.94. The van der Waals surface area contributed by atoms with Crippen molar-refractivity contribution in [2.45, 2.75) is 13.8 Å². The van der Waals surface area contributed by atoms with Gasteiger partial charge in [-0.25, -0.2) is 4.68 Å². The van der Waals surface area contributed by atoms with Crippen molar-refractivity contribution in [3.8, 4) is 5.69 Å². The molecular weight excluding hydrogens is 386 g/mol. The van der Waals surface area contributed by atoms with Gasteiger partial charge in [-0.3, -0.25) is 14.9 Å². The van der Waals surface area contributed by atoms with E-state index in [-0.39, 0.29) is 17.1 Å². The molecule has 1 aromatic heterocycles. The minimum absolute atomic E-state index is 0.0579. The lowest BCUT2D eigenvalue weighted by molar-refractivity contribution is -0.384. The molecule has 0 aliphatic carbocycles. The normalized spacial score (nSPS) is 11.0. The summed E-state index contributed by atoms with van der Waals surface area (Å²) in [7, 11) is 0. The van der Waals surface area contributed by atoms with E-state index in [1.165, 1.54) is 35.1 Å². The van der Waals surface area contributed by atoms with Gasteiger partial charge in [0.1, 0.15) is 5.56 Å². The van der Waals surface area contributed by atoms with Crippen LogP contribution in [0.3, 0.4) is 0 Å². The molecule has 0 aliphatic heterocycles. The maximum atomic E-state index is 11.8. The zero-order chi connectivity index (χ0) is 21.7. The maximum Gasteiger partial charge on any atom is 0.269 e. The molecule has 3 aromatic rings. The molecule has 0 saturated carbocycles. The van der Waals surface area contributed by atoms with Gasteiger partial charge in [-0.15, -0.1) is 10.2 Å². The lowest BCUT2D eigenvalue weighted by Gasteiger charge is -2.20. The van der Waals surface area contributed by atoms with Gasteiger partial charge in [0.2, 0.25) is 0 Å². The number of nitrogens with zero attached hydrogens (tertiary/aromatic N) is 6. The Morgan fingerprint density at radius 3 is 2.27 bits per heavy atom. The van der Waals surface area contributed by atoms with Gasteiger partial charge in [-0.2, -0.15) is 5.10 Å². The second-order valence-corrected chi connectivity index (χ2v) is 6.32. The standard InChI is InChI=1S/C20H21N7O3/c1-3-25(4-2)15-7-5-14(6-8-15)23-24-20-18(19(21)28)13-22-26(20)16-9-11-17(12-10-16)27(29)30/h5-13H,3-4H2,1-2H3,(H2,21,28). The third-order valence-corrected chi connectivity index (χ3v) is 4.55. The Morgan fingerprint density at radius 1 is 1.10 bits per heavy atom. The number of non-ortho nitro benzene ring substituents is 1. The van der Waals surface area contributed by atoms with Crippen molar-refractivity contribution >= 4 is 28.8 Å². The van der Waals surface area contributed by atoms with E-state index in [0.29, 0.717) is 11.4 Å². The number of amides is 1. The van der Waals surface area contributed by atoms with E-state index in [1.807, 2.05) is 24.3 Å². The summed E-state index contributed by atoms with van der Waals surface area (Å²) >= 11 is 0. The SMILES string of the molecule is CCN(CC)c1ccc(N=Nc2c(C(N)=O)cnn2-c2ccc([N+](=O)[O-])cc2)cc1. The number of nitrogens with two attached hydrogens (primary N) is 1. The molecule has 10 nitrogen and oxygen atoms in total. The number of hydrogen-bond donors (Lipinski definition) is 1. The summed E-state index contributed by atoms with van der Waals surface area (Å²) in [5.41, 5.74) is 7.63. The Kier molecular flexibility index (Phi) is 6.16. The highest BCUT2D eigenvalue weighted by Crippen LogP contribution is 2.27. The number of hydrogen-bond acceptors (Lipinski definition) is 7. The van der Waals surface area contributed by atoms with E-state index in [0.717, 1.165) is 18.8 Å². The minimum atomic E-state index is -0.700. The predicted molar refractivity (Wildman–Crippen MR) is 113 cm³/mol. The topological polar surface area (TPSA) is 132 Å². The number of nitro benzene ring substituents is 1. The maximum absolute atomic E-state index is 11.8. The van der Waals surface area contributed by atoms with Crippen molar-refractivity contribution < 1.29 is 9.72 Å². The van der Waals surface area contributed by atoms with Crippen molar-refractivity contribution in [2.75, 3.05) is 18.0 Å². The quantitative estimate of drug-likeness (QED) is 0.340. The number of primary amides is 1. The van der Waals surface area contributed by atoms with Gasteiger partial charge < -0.3 is 10.6 Å². The van der Waals surface area contributed by atoms with Gasteiger partial charge >= 0.3 is 0 Å².